The zero-order valence-corrected chi connectivity index (χ0v) is 21.0. The standard InChI is InChI=1S/C29H30N6O/c1-18(2)13-22-14-20(29(30)36)10-11-24(22)35-26-9-5-8-25(27(26)28(33-35)19(3)4)34-16-23(32-17-34)21-7-6-12-31-15-21/h5-12,14-19H,13H2,1-4H3,(H2,30,36). The number of imidazole rings is 1. The van der Waals surface area contributed by atoms with E-state index >= 15 is 0 Å². The Morgan fingerprint density at radius 1 is 1.03 bits per heavy atom. The molecule has 0 fully saturated rings. The van der Waals surface area contributed by atoms with Crippen LogP contribution in [-0.2, 0) is 6.42 Å². The van der Waals surface area contributed by atoms with Gasteiger partial charge in [0, 0.05) is 35.1 Å². The number of pyridine rings is 1. The zero-order chi connectivity index (χ0) is 25.4. The second-order valence-electron chi connectivity index (χ2n) is 9.84. The van der Waals surface area contributed by atoms with Crippen LogP contribution in [0, 0.1) is 5.92 Å². The Balaban J connectivity index is 1.71. The molecule has 0 spiro atoms. The third kappa shape index (κ3) is 4.28. The van der Waals surface area contributed by atoms with Gasteiger partial charge in [0.15, 0.2) is 0 Å². The van der Waals surface area contributed by atoms with Gasteiger partial charge in [-0.15, -0.1) is 0 Å². The maximum atomic E-state index is 11.9. The first-order valence-electron chi connectivity index (χ1n) is 12.2. The number of amides is 1. The van der Waals surface area contributed by atoms with Gasteiger partial charge in [-0.05, 0) is 66.3 Å². The summed E-state index contributed by atoms with van der Waals surface area (Å²) in [5.41, 5.74) is 13.0. The summed E-state index contributed by atoms with van der Waals surface area (Å²) in [4.78, 5) is 20.7. The van der Waals surface area contributed by atoms with Crippen molar-refractivity contribution in [1.82, 2.24) is 24.3 Å². The number of nitrogens with two attached hydrogens (primary N) is 1. The van der Waals surface area contributed by atoms with Gasteiger partial charge in [0.25, 0.3) is 0 Å². The van der Waals surface area contributed by atoms with Crippen molar-refractivity contribution in [2.45, 2.75) is 40.0 Å². The molecule has 5 rings (SSSR count). The second kappa shape index (κ2) is 9.41. The lowest BCUT2D eigenvalue weighted by Gasteiger charge is -2.14. The SMILES string of the molecule is CC(C)Cc1cc(C(N)=O)ccc1-n1nc(C(C)C)c2c(-n3cnc(-c4cccnc4)c3)cccc21. The van der Waals surface area contributed by atoms with Crippen LogP contribution in [0.1, 0.15) is 55.2 Å². The lowest BCUT2D eigenvalue weighted by Crippen LogP contribution is -2.13. The van der Waals surface area contributed by atoms with E-state index < -0.39 is 5.91 Å². The average Bonchev–Trinajstić information content (AvgIpc) is 3.50. The lowest BCUT2D eigenvalue weighted by atomic mass is 9.98. The van der Waals surface area contributed by atoms with Gasteiger partial charge in [0.1, 0.15) is 0 Å². The molecule has 3 aromatic heterocycles. The Labute approximate surface area is 210 Å². The molecule has 0 unspecified atom stereocenters. The molecule has 36 heavy (non-hydrogen) atoms. The zero-order valence-electron chi connectivity index (χ0n) is 21.0. The van der Waals surface area contributed by atoms with Crippen molar-refractivity contribution in [2.24, 2.45) is 11.7 Å². The monoisotopic (exact) mass is 478 g/mol. The molecule has 0 aliphatic heterocycles. The molecule has 0 atom stereocenters. The van der Waals surface area contributed by atoms with Crippen molar-refractivity contribution >= 4 is 16.8 Å². The van der Waals surface area contributed by atoms with Crippen LogP contribution in [0.4, 0.5) is 0 Å². The highest BCUT2D eigenvalue weighted by molar-refractivity contribution is 5.94. The predicted molar refractivity (Wildman–Crippen MR) is 143 cm³/mol. The lowest BCUT2D eigenvalue weighted by molar-refractivity contribution is 0.1000. The van der Waals surface area contributed by atoms with Crippen molar-refractivity contribution in [3.05, 3.63) is 90.3 Å². The van der Waals surface area contributed by atoms with Crippen LogP contribution in [0.5, 0.6) is 0 Å². The maximum Gasteiger partial charge on any atom is 0.248 e. The third-order valence-corrected chi connectivity index (χ3v) is 6.30. The van der Waals surface area contributed by atoms with Gasteiger partial charge in [-0.2, -0.15) is 5.10 Å². The molecule has 182 valence electrons. The van der Waals surface area contributed by atoms with E-state index in [1.165, 1.54) is 0 Å². The average molecular weight is 479 g/mol. The smallest absolute Gasteiger partial charge is 0.248 e. The van der Waals surface area contributed by atoms with Gasteiger partial charge in [0.2, 0.25) is 5.91 Å². The Bertz CT molecular complexity index is 1550. The van der Waals surface area contributed by atoms with Crippen LogP contribution in [0.2, 0.25) is 0 Å². The number of carbonyl (C=O) groups excluding carboxylic acids is 1. The van der Waals surface area contributed by atoms with Crippen molar-refractivity contribution < 1.29 is 4.79 Å². The van der Waals surface area contributed by atoms with Crippen molar-refractivity contribution in [3.8, 4) is 22.6 Å². The molecule has 5 aromatic rings. The van der Waals surface area contributed by atoms with Crippen molar-refractivity contribution in [1.29, 1.82) is 0 Å². The van der Waals surface area contributed by atoms with Gasteiger partial charge in [-0.1, -0.05) is 33.8 Å². The topological polar surface area (TPSA) is 91.6 Å². The summed E-state index contributed by atoms with van der Waals surface area (Å²) in [6, 6.07) is 15.8. The Morgan fingerprint density at radius 2 is 1.86 bits per heavy atom. The molecule has 0 aliphatic carbocycles. The van der Waals surface area contributed by atoms with Gasteiger partial charge in [0.05, 0.1) is 34.6 Å². The highest BCUT2D eigenvalue weighted by atomic mass is 16.1. The van der Waals surface area contributed by atoms with Crippen LogP contribution in [0.15, 0.2) is 73.4 Å². The number of rotatable bonds is 7. The summed E-state index contributed by atoms with van der Waals surface area (Å²) in [6.45, 7) is 8.64. The predicted octanol–water partition coefficient (Wildman–Crippen LogP) is 5.69. The number of carbonyl (C=O) groups is 1. The molecule has 0 radical (unpaired) electrons. The number of aromatic nitrogens is 5. The van der Waals surface area contributed by atoms with E-state index in [1.807, 2.05) is 58.3 Å². The fraction of sp³-hybridized carbons (Fsp3) is 0.241. The maximum absolute atomic E-state index is 11.9. The van der Waals surface area contributed by atoms with Gasteiger partial charge < -0.3 is 10.3 Å². The van der Waals surface area contributed by atoms with E-state index in [-0.39, 0.29) is 5.92 Å². The van der Waals surface area contributed by atoms with E-state index in [0.29, 0.717) is 11.5 Å². The minimum absolute atomic E-state index is 0.203. The molecule has 2 N–H and O–H groups in total. The van der Waals surface area contributed by atoms with E-state index in [9.17, 15) is 4.79 Å². The first kappa shape index (κ1) is 23.5. The van der Waals surface area contributed by atoms with E-state index in [4.69, 9.17) is 10.8 Å². The first-order chi connectivity index (χ1) is 17.3. The second-order valence-corrected chi connectivity index (χ2v) is 9.84. The van der Waals surface area contributed by atoms with Crippen LogP contribution in [0.25, 0.3) is 33.5 Å². The van der Waals surface area contributed by atoms with Gasteiger partial charge in [-0.3, -0.25) is 9.78 Å². The Hall–Kier alpha value is -4.26. The molecule has 2 aromatic carbocycles. The quantitative estimate of drug-likeness (QED) is 0.325. The molecule has 3 heterocycles. The molecule has 0 aliphatic rings. The number of benzene rings is 2. The number of hydrogen-bond donors (Lipinski definition) is 1. The minimum Gasteiger partial charge on any atom is -0.366 e. The molecule has 0 bridgehead atoms. The third-order valence-electron chi connectivity index (χ3n) is 6.30. The Morgan fingerprint density at radius 3 is 2.56 bits per heavy atom. The number of primary amides is 1. The normalized spacial score (nSPS) is 11.6. The summed E-state index contributed by atoms with van der Waals surface area (Å²) in [7, 11) is 0. The van der Waals surface area contributed by atoms with Crippen LogP contribution >= 0.6 is 0 Å². The molecule has 0 saturated heterocycles. The fourth-order valence-corrected chi connectivity index (χ4v) is 4.65. The minimum atomic E-state index is -0.424. The van der Waals surface area contributed by atoms with E-state index in [1.54, 1.807) is 12.3 Å². The Kier molecular flexibility index (Phi) is 6.14. The van der Waals surface area contributed by atoms with E-state index in [2.05, 4.69) is 49.8 Å². The first-order valence-corrected chi connectivity index (χ1v) is 12.2. The molecule has 1 amide bonds. The molecular formula is C29H30N6O. The number of nitrogens with zero attached hydrogens (tertiary/aromatic N) is 5. The van der Waals surface area contributed by atoms with Gasteiger partial charge in [-0.25, -0.2) is 9.67 Å². The van der Waals surface area contributed by atoms with E-state index in [0.717, 1.165) is 51.2 Å². The fourth-order valence-electron chi connectivity index (χ4n) is 4.65. The summed E-state index contributed by atoms with van der Waals surface area (Å²) in [5.74, 6) is 0.187. The molecule has 7 heteroatoms. The summed E-state index contributed by atoms with van der Waals surface area (Å²) >= 11 is 0. The van der Waals surface area contributed by atoms with Crippen LogP contribution in [-0.4, -0.2) is 30.2 Å². The largest absolute Gasteiger partial charge is 0.366 e. The number of fused-ring (bicyclic) bond motifs is 1. The molecule has 0 saturated carbocycles. The summed E-state index contributed by atoms with van der Waals surface area (Å²) in [5, 5.41) is 6.19. The summed E-state index contributed by atoms with van der Waals surface area (Å²) in [6.07, 6.45) is 8.25. The van der Waals surface area contributed by atoms with Crippen molar-refractivity contribution in [2.75, 3.05) is 0 Å². The molecule has 7 nitrogen and oxygen atoms in total. The van der Waals surface area contributed by atoms with Crippen molar-refractivity contribution in [3.63, 3.8) is 0 Å². The van der Waals surface area contributed by atoms with Crippen LogP contribution in [0.3, 0.4) is 0 Å². The van der Waals surface area contributed by atoms with Crippen LogP contribution < -0.4 is 5.73 Å². The highest BCUT2D eigenvalue weighted by Gasteiger charge is 2.21. The highest BCUT2D eigenvalue weighted by Crippen LogP contribution is 2.34. The summed E-state index contributed by atoms with van der Waals surface area (Å²) < 4.78 is 4.06. The molecular weight excluding hydrogens is 448 g/mol. The number of hydrogen-bond acceptors (Lipinski definition) is 4. The van der Waals surface area contributed by atoms with Gasteiger partial charge >= 0.3 is 0 Å².